The number of nitrogens with zero attached hydrogens (tertiary/aromatic N) is 3. The predicted molar refractivity (Wildman–Crippen MR) is 90.2 cm³/mol. The van der Waals surface area contributed by atoms with Crippen LogP contribution in [0.25, 0.3) is 0 Å². The van der Waals surface area contributed by atoms with Gasteiger partial charge in [0.15, 0.2) is 12.4 Å². The molecule has 1 fully saturated rings. The summed E-state index contributed by atoms with van der Waals surface area (Å²) in [6, 6.07) is 5.39. The Balaban J connectivity index is 1.31. The van der Waals surface area contributed by atoms with E-state index in [2.05, 4.69) is 20.8 Å². The zero-order valence-corrected chi connectivity index (χ0v) is 14.2. The lowest BCUT2D eigenvalue weighted by Crippen LogP contribution is -2.36. The van der Waals surface area contributed by atoms with Gasteiger partial charge in [-0.2, -0.15) is 4.98 Å². The van der Waals surface area contributed by atoms with E-state index < -0.39 is 16.7 Å². The summed E-state index contributed by atoms with van der Waals surface area (Å²) < 4.78 is 10.1. The Bertz CT molecular complexity index is 830. The van der Waals surface area contributed by atoms with Gasteiger partial charge >= 0.3 is 11.8 Å². The van der Waals surface area contributed by atoms with Gasteiger partial charge in [-0.25, -0.2) is 0 Å². The van der Waals surface area contributed by atoms with Crippen molar-refractivity contribution in [2.45, 2.75) is 18.8 Å². The number of amides is 2. The van der Waals surface area contributed by atoms with Gasteiger partial charge in [0.2, 0.25) is 0 Å². The Hall–Kier alpha value is -3.50. The summed E-state index contributed by atoms with van der Waals surface area (Å²) in [6.45, 7) is 0.126. The van der Waals surface area contributed by atoms with Crippen molar-refractivity contribution in [3.05, 3.63) is 46.1 Å². The Morgan fingerprint density at radius 3 is 2.59 bits per heavy atom. The third kappa shape index (κ3) is 5.23. The summed E-state index contributed by atoms with van der Waals surface area (Å²) >= 11 is 0. The van der Waals surface area contributed by atoms with Crippen molar-refractivity contribution in [2.24, 2.45) is 0 Å². The van der Waals surface area contributed by atoms with Crippen molar-refractivity contribution >= 4 is 17.5 Å². The largest absolute Gasteiger partial charge is 0.484 e. The zero-order valence-electron chi connectivity index (χ0n) is 14.2. The molecule has 0 atom stereocenters. The molecule has 1 heterocycles. The lowest BCUT2D eigenvalue weighted by molar-refractivity contribution is -0.384. The molecule has 0 aliphatic heterocycles. The maximum atomic E-state index is 11.8. The molecule has 1 aliphatic carbocycles. The summed E-state index contributed by atoms with van der Waals surface area (Å²) in [4.78, 5) is 37.6. The van der Waals surface area contributed by atoms with Gasteiger partial charge in [-0.15, -0.1) is 0 Å². The molecular weight excluding hydrogens is 358 g/mol. The first-order valence-electron chi connectivity index (χ1n) is 8.28. The van der Waals surface area contributed by atoms with Crippen LogP contribution in [0.5, 0.6) is 5.75 Å². The summed E-state index contributed by atoms with van der Waals surface area (Å²) in [5, 5.41) is 19.4. The fraction of sp³-hybridized carbons (Fsp3) is 0.375. The molecule has 11 nitrogen and oxygen atoms in total. The first-order chi connectivity index (χ1) is 13.0. The quantitative estimate of drug-likeness (QED) is 0.371. The van der Waals surface area contributed by atoms with Gasteiger partial charge < -0.3 is 19.9 Å². The molecule has 0 radical (unpaired) electrons. The number of aromatic nitrogens is 2. The standard InChI is InChI=1S/C16H17N5O6/c22-13(9-26-12-5-3-11(4-6-12)21(24)25)17-7-8-18-15(23)16-19-14(20-27-16)10-1-2-10/h3-6,10H,1-2,7-9H2,(H,17,22)(H,18,23). The first kappa shape index (κ1) is 18.3. The Morgan fingerprint density at radius 2 is 1.93 bits per heavy atom. The van der Waals surface area contributed by atoms with Crippen LogP contribution in [0.4, 0.5) is 5.69 Å². The number of carbonyl (C=O) groups is 2. The number of non-ortho nitro benzene ring substituents is 1. The molecule has 2 N–H and O–H groups in total. The fourth-order valence-electron chi connectivity index (χ4n) is 2.15. The van der Waals surface area contributed by atoms with Crippen LogP contribution >= 0.6 is 0 Å². The average molecular weight is 375 g/mol. The Morgan fingerprint density at radius 1 is 1.22 bits per heavy atom. The maximum Gasteiger partial charge on any atom is 0.315 e. The number of rotatable bonds is 9. The molecule has 0 saturated heterocycles. The number of nitro groups is 1. The third-order valence-corrected chi connectivity index (χ3v) is 3.73. The van der Waals surface area contributed by atoms with Crippen LogP contribution in [0.15, 0.2) is 28.8 Å². The summed E-state index contributed by atoms with van der Waals surface area (Å²) in [5.74, 6) is 0.209. The highest BCUT2D eigenvalue weighted by molar-refractivity contribution is 5.89. The lowest BCUT2D eigenvalue weighted by atomic mass is 10.3. The molecule has 1 aromatic carbocycles. The molecule has 142 valence electrons. The molecule has 3 rings (SSSR count). The molecule has 0 spiro atoms. The van der Waals surface area contributed by atoms with Gasteiger partial charge in [-0.3, -0.25) is 19.7 Å². The van der Waals surface area contributed by atoms with Gasteiger partial charge in [0.25, 0.3) is 11.6 Å². The summed E-state index contributed by atoms with van der Waals surface area (Å²) in [6.07, 6.45) is 2.02. The molecule has 2 aromatic rings. The van der Waals surface area contributed by atoms with Crippen molar-refractivity contribution in [1.29, 1.82) is 0 Å². The average Bonchev–Trinajstić information content (AvgIpc) is 3.40. The lowest BCUT2D eigenvalue weighted by Gasteiger charge is -2.07. The van der Waals surface area contributed by atoms with Crippen molar-refractivity contribution in [3.8, 4) is 5.75 Å². The molecule has 0 bridgehead atoms. The van der Waals surface area contributed by atoms with Crippen molar-refractivity contribution in [2.75, 3.05) is 19.7 Å². The number of carbonyl (C=O) groups excluding carboxylic acids is 2. The highest BCUT2D eigenvalue weighted by atomic mass is 16.6. The van der Waals surface area contributed by atoms with E-state index in [0.717, 1.165) is 12.8 Å². The second-order valence-electron chi connectivity index (χ2n) is 5.88. The van der Waals surface area contributed by atoms with E-state index in [1.807, 2.05) is 0 Å². The van der Waals surface area contributed by atoms with Gasteiger partial charge in [0.05, 0.1) is 4.92 Å². The molecule has 1 aromatic heterocycles. The SMILES string of the molecule is O=C(COc1ccc([N+](=O)[O-])cc1)NCCNC(=O)c1nc(C2CC2)no1. The normalized spacial score (nSPS) is 13.0. The van der Waals surface area contributed by atoms with Gasteiger partial charge in [0.1, 0.15) is 5.75 Å². The second-order valence-corrected chi connectivity index (χ2v) is 5.88. The third-order valence-electron chi connectivity index (χ3n) is 3.73. The number of benzene rings is 1. The molecule has 0 unspecified atom stereocenters. The highest BCUT2D eigenvalue weighted by Gasteiger charge is 2.29. The molecule has 2 amide bonds. The smallest absolute Gasteiger partial charge is 0.315 e. The minimum Gasteiger partial charge on any atom is -0.484 e. The van der Waals surface area contributed by atoms with Gasteiger partial charge in [-0.05, 0) is 25.0 Å². The predicted octanol–water partition coefficient (Wildman–Crippen LogP) is 0.780. The number of ether oxygens (including phenoxy) is 1. The van der Waals surface area contributed by atoms with Crippen LogP contribution in [0.3, 0.4) is 0 Å². The summed E-state index contributed by atoms with van der Waals surface area (Å²) in [5.41, 5.74) is -0.0620. The van der Waals surface area contributed by atoms with E-state index in [-0.39, 0.29) is 31.3 Å². The highest BCUT2D eigenvalue weighted by Crippen LogP contribution is 2.38. The van der Waals surface area contributed by atoms with Crippen LogP contribution in [0.2, 0.25) is 0 Å². The topological polar surface area (TPSA) is 149 Å². The number of nitro benzene ring substituents is 1. The molecular formula is C16H17N5O6. The van der Waals surface area contributed by atoms with E-state index >= 15 is 0 Å². The molecule has 27 heavy (non-hydrogen) atoms. The zero-order chi connectivity index (χ0) is 19.2. The molecule has 1 aliphatic rings. The molecule has 11 heteroatoms. The Kier molecular flexibility index (Phi) is 5.59. The van der Waals surface area contributed by atoms with E-state index in [0.29, 0.717) is 17.5 Å². The van der Waals surface area contributed by atoms with E-state index in [9.17, 15) is 19.7 Å². The van der Waals surface area contributed by atoms with E-state index in [1.165, 1.54) is 24.3 Å². The van der Waals surface area contributed by atoms with Gasteiger partial charge in [0, 0.05) is 31.1 Å². The number of hydrogen-bond donors (Lipinski definition) is 2. The van der Waals surface area contributed by atoms with Crippen LogP contribution in [-0.2, 0) is 4.79 Å². The van der Waals surface area contributed by atoms with Crippen LogP contribution in [0.1, 0.15) is 35.3 Å². The van der Waals surface area contributed by atoms with E-state index in [1.54, 1.807) is 0 Å². The monoisotopic (exact) mass is 375 g/mol. The number of nitrogens with one attached hydrogen (secondary N) is 2. The minimum absolute atomic E-state index is 0.0620. The molecule has 1 saturated carbocycles. The van der Waals surface area contributed by atoms with Crippen LogP contribution < -0.4 is 15.4 Å². The van der Waals surface area contributed by atoms with Crippen LogP contribution in [-0.4, -0.2) is 46.6 Å². The van der Waals surface area contributed by atoms with Gasteiger partial charge in [-0.1, -0.05) is 5.16 Å². The summed E-state index contributed by atoms with van der Waals surface area (Å²) in [7, 11) is 0. The Labute approximate surface area is 153 Å². The van der Waals surface area contributed by atoms with Crippen molar-refractivity contribution in [3.63, 3.8) is 0 Å². The second kappa shape index (κ2) is 8.25. The van der Waals surface area contributed by atoms with Crippen LogP contribution in [0, 0.1) is 10.1 Å². The fourth-order valence-corrected chi connectivity index (χ4v) is 2.15. The van der Waals surface area contributed by atoms with Crippen molar-refractivity contribution in [1.82, 2.24) is 20.8 Å². The van der Waals surface area contributed by atoms with Crippen molar-refractivity contribution < 1.29 is 23.8 Å². The maximum absolute atomic E-state index is 11.8. The number of hydrogen-bond acceptors (Lipinski definition) is 8. The van der Waals surface area contributed by atoms with E-state index in [4.69, 9.17) is 9.26 Å². The minimum atomic E-state index is -0.522. The first-order valence-corrected chi connectivity index (χ1v) is 8.28.